The summed E-state index contributed by atoms with van der Waals surface area (Å²) in [4.78, 5) is 0.345. The Balaban J connectivity index is 3.11. The molecule has 0 unspecified atom stereocenters. The van der Waals surface area contributed by atoms with E-state index in [0.29, 0.717) is 4.90 Å². The van der Waals surface area contributed by atoms with Gasteiger partial charge in [-0.3, -0.25) is 0 Å². The van der Waals surface area contributed by atoms with Crippen LogP contribution >= 0.6 is 0 Å². The van der Waals surface area contributed by atoms with Gasteiger partial charge in [0.2, 0.25) is 0 Å². The summed E-state index contributed by atoms with van der Waals surface area (Å²) >= 11 is 0. The highest BCUT2D eigenvalue weighted by Crippen LogP contribution is 2.16. The van der Waals surface area contributed by atoms with Crippen molar-refractivity contribution >= 4 is 15.4 Å². The highest BCUT2D eigenvalue weighted by molar-refractivity contribution is 7.90. The third kappa shape index (κ3) is 3.06. The van der Waals surface area contributed by atoms with Gasteiger partial charge in [0, 0.05) is 6.26 Å². The van der Waals surface area contributed by atoms with Gasteiger partial charge in [0.05, 0.1) is 4.90 Å². The zero-order valence-electron chi connectivity index (χ0n) is 8.90. The maximum Gasteiger partial charge on any atom is 0.175 e. The number of sulfone groups is 1. The Labute approximate surface area is 90.9 Å². The van der Waals surface area contributed by atoms with Crippen molar-refractivity contribution in [3.8, 4) is 0 Å². The van der Waals surface area contributed by atoms with Crippen molar-refractivity contribution in [3.63, 3.8) is 0 Å². The minimum Gasteiger partial charge on any atom is -0.224 e. The average molecular weight is 222 g/mol. The Morgan fingerprint density at radius 3 is 2.20 bits per heavy atom. The average Bonchev–Trinajstić information content (AvgIpc) is 2.17. The van der Waals surface area contributed by atoms with Gasteiger partial charge < -0.3 is 0 Å². The lowest BCUT2D eigenvalue weighted by Gasteiger charge is -2.02. The minimum absolute atomic E-state index is 0.345. The van der Waals surface area contributed by atoms with Gasteiger partial charge in [0.15, 0.2) is 9.84 Å². The summed E-state index contributed by atoms with van der Waals surface area (Å²) in [5.74, 6) is 0. The van der Waals surface area contributed by atoms with Gasteiger partial charge in [0.1, 0.15) is 0 Å². The molecule has 0 aliphatic rings. The van der Waals surface area contributed by atoms with Crippen LogP contribution in [0.2, 0.25) is 0 Å². The molecule has 0 fully saturated rings. The largest absolute Gasteiger partial charge is 0.224 e. The standard InChI is InChI=1S/C12H14O2S/c1-4-5-10(2)11-6-8-12(9-7-11)15(3,13)14/h4-9H,1H2,2-3H3/b10-5+. The summed E-state index contributed by atoms with van der Waals surface area (Å²) in [6.45, 7) is 5.57. The molecule has 0 heterocycles. The summed E-state index contributed by atoms with van der Waals surface area (Å²) in [5, 5.41) is 0. The van der Waals surface area contributed by atoms with E-state index in [1.807, 2.05) is 13.0 Å². The summed E-state index contributed by atoms with van der Waals surface area (Å²) in [6.07, 6.45) is 4.80. The first-order valence-corrected chi connectivity index (χ1v) is 6.44. The van der Waals surface area contributed by atoms with E-state index in [2.05, 4.69) is 6.58 Å². The number of rotatable bonds is 3. The molecule has 0 aliphatic heterocycles. The first kappa shape index (κ1) is 11.7. The van der Waals surface area contributed by atoms with Gasteiger partial charge in [-0.2, -0.15) is 0 Å². The zero-order valence-corrected chi connectivity index (χ0v) is 9.71. The van der Waals surface area contributed by atoms with Crippen LogP contribution in [0, 0.1) is 0 Å². The van der Waals surface area contributed by atoms with Crippen LogP contribution in [0.15, 0.2) is 47.9 Å². The maximum atomic E-state index is 11.2. The number of hydrogen-bond acceptors (Lipinski definition) is 2. The second-order valence-electron chi connectivity index (χ2n) is 3.38. The van der Waals surface area contributed by atoms with Crippen LogP contribution in [-0.4, -0.2) is 14.7 Å². The fraction of sp³-hybridized carbons (Fsp3) is 0.167. The lowest BCUT2D eigenvalue weighted by Crippen LogP contribution is -1.96. The molecule has 1 aromatic rings. The van der Waals surface area contributed by atoms with Crippen LogP contribution in [0.25, 0.3) is 5.57 Å². The van der Waals surface area contributed by atoms with Crippen molar-refractivity contribution in [2.24, 2.45) is 0 Å². The minimum atomic E-state index is -3.10. The molecule has 80 valence electrons. The van der Waals surface area contributed by atoms with Crippen LogP contribution in [0.4, 0.5) is 0 Å². The zero-order chi connectivity index (χ0) is 11.5. The molecule has 3 heteroatoms. The molecule has 0 saturated heterocycles. The Bertz CT molecular complexity index is 479. The molecule has 1 rings (SSSR count). The first-order valence-electron chi connectivity index (χ1n) is 4.55. The Morgan fingerprint density at radius 1 is 1.27 bits per heavy atom. The topological polar surface area (TPSA) is 34.1 Å². The second kappa shape index (κ2) is 4.45. The lowest BCUT2D eigenvalue weighted by atomic mass is 10.1. The van der Waals surface area contributed by atoms with E-state index in [1.165, 1.54) is 6.26 Å². The molecule has 0 radical (unpaired) electrons. The quantitative estimate of drug-likeness (QED) is 0.737. The first-order chi connectivity index (χ1) is 6.95. The van der Waals surface area contributed by atoms with E-state index in [9.17, 15) is 8.42 Å². The smallest absolute Gasteiger partial charge is 0.175 e. The molecule has 0 atom stereocenters. The van der Waals surface area contributed by atoms with Gasteiger partial charge in [-0.15, -0.1) is 0 Å². The second-order valence-corrected chi connectivity index (χ2v) is 5.40. The Morgan fingerprint density at radius 2 is 1.80 bits per heavy atom. The maximum absolute atomic E-state index is 11.2. The molecule has 0 saturated carbocycles. The molecule has 15 heavy (non-hydrogen) atoms. The van der Waals surface area contributed by atoms with E-state index < -0.39 is 9.84 Å². The monoisotopic (exact) mass is 222 g/mol. The van der Waals surface area contributed by atoms with Crippen LogP contribution in [-0.2, 0) is 9.84 Å². The summed E-state index contributed by atoms with van der Waals surface area (Å²) < 4.78 is 22.4. The van der Waals surface area contributed by atoms with Crippen molar-refractivity contribution in [1.29, 1.82) is 0 Å². The Hall–Kier alpha value is -1.35. The predicted octanol–water partition coefficient (Wildman–Crippen LogP) is 2.68. The fourth-order valence-electron chi connectivity index (χ4n) is 1.24. The third-order valence-electron chi connectivity index (χ3n) is 2.11. The Kier molecular flexibility index (Phi) is 3.48. The highest BCUT2D eigenvalue weighted by atomic mass is 32.2. The summed E-state index contributed by atoms with van der Waals surface area (Å²) in [5.41, 5.74) is 2.06. The lowest BCUT2D eigenvalue weighted by molar-refractivity contribution is 0.602. The molecule has 0 aromatic heterocycles. The normalized spacial score (nSPS) is 12.5. The molecular weight excluding hydrogens is 208 g/mol. The number of hydrogen-bond donors (Lipinski definition) is 0. The van der Waals surface area contributed by atoms with E-state index in [1.54, 1.807) is 30.3 Å². The number of benzene rings is 1. The van der Waals surface area contributed by atoms with Gasteiger partial charge in [0.25, 0.3) is 0 Å². The number of allylic oxidation sites excluding steroid dienone is 3. The third-order valence-corrected chi connectivity index (χ3v) is 3.23. The predicted molar refractivity (Wildman–Crippen MR) is 63.4 cm³/mol. The molecule has 0 N–H and O–H groups in total. The molecule has 1 aromatic carbocycles. The van der Waals surface area contributed by atoms with Gasteiger partial charge in [-0.25, -0.2) is 8.42 Å². The van der Waals surface area contributed by atoms with Crippen molar-refractivity contribution < 1.29 is 8.42 Å². The van der Waals surface area contributed by atoms with Crippen LogP contribution in [0.5, 0.6) is 0 Å². The molecule has 0 amide bonds. The summed E-state index contributed by atoms with van der Waals surface area (Å²) in [6, 6.07) is 6.83. The molecule has 0 bridgehead atoms. The van der Waals surface area contributed by atoms with Crippen molar-refractivity contribution in [1.82, 2.24) is 0 Å². The van der Waals surface area contributed by atoms with Crippen molar-refractivity contribution in [2.45, 2.75) is 11.8 Å². The van der Waals surface area contributed by atoms with Gasteiger partial charge in [-0.1, -0.05) is 30.9 Å². The molecule has 0 spiro atoms. The van der Waals surface area contributed by atoms with Crippen molar-refractivity contribution in [2.75, 3.05) is 6.26 Å². The molecule has 2 nitrogen and oxygen atoms in total. The summed E-state index contributed by atoms with van der Waals surface area (Å²) in [7, 11) is -3.10. The van der Waals surface area contributed by atoms with Gasteiger partial charge in [-0.05, 0) is 30.2 Å². The fourth-order valence-corrected chi connectivity index (χ4v) is 1.87. The highest BCUT2D eigenvalue weighted by Gasteiger charge is 2.05. The van der Waals surface area contributed by atoms with E-state index >= 15 is 0 Å². The molecular formula is C12H14O2S. The van der Waals surface area contributed by atoms with Crippen molar-refractivity contribution in [3.05, 3.63) is 48.6 Å². The van der Waals surface area contributed by atoms with E-state index in [4.69, 9.17) is 0 Å². The van der Waals surface area contributed by atoms with Crippen LogP contribution < -0.4 is 0 Å². The van der Waals surface area contributed by atoms with Gasteiger partial charge >= 0.3 is 0 Å². The van der Waals surface area contributed by atoms with Crippen LogP contribution in [0.3, 0.4) is 0 Å². The van der Waals surface area contributed by atoms with E-state index in [-0.39, 0.29) is 0 Å². The molecule has 0 aliphatic carbocycles. The van der Waals surface area contributed by atoms with Crippen LogP contribution in [0.1, 0.15) is 12.5 Å². The SMILES string of the molecule is C=C/C=C(\C)c1ccc(S(C)(=O)=O)cc1. The van der Waals surface area contributed by atoms with E-state index in [0.717, 1.165) is 11.1 Å².